The van der Waals surface area contributed by atoms with Crippen LogP contribution in [-0.4, -0.2) is 26.6 Å². The van der Waals surface area contributed by atoms with Gasteiger partial charge < -0.3 is 15.9 Å². The number of fused-ring (bicyclic) bond motifs is 1. The quantitative estimate of drug-likeness (QED) is 0.420. The molecule has 2 heterocycles. The summed E-state index contributed by atoms with van der Waals surface area (Å²) in [6.45, 7) is 0. The van der Waals surface area contributed by atoms with Gasteiger partial charge in [-0.3, -0.25) is 24.3 Å². The Morgan fingerprint density at radius 3 is 2.38 bits per heavy atom. The van der Waals surface area contributed by atoms with E-state index < -0.39 is 23.1 Å². The first-order chi connectivity index (χ1) is 9.90. The molecule has 1 aromatic heterocycles. The van der Waals surface area contributed by atoms with Gasteiger partial charge in [-0.05, 0) is 12.1 Å². The lowest BCUT2D eigenvalue weighted by Crippen LogP contribution is -2.24. The summed E-state index contributed by atoms with van der Waals surface area (Å²) in [5.74, 6) is -2.39. The lowest BCUT2D eigenvalue weighted by Gasteiger charge is -2.12. The molecule has 0 saturated heterocycles. The lowest BCUT2D eigenvalue weighted by atomic mass is 10.1. The molecule has 106 valence electrons. The average molecular weight is 287 g/mol. The van der Waals surface area contributed by atoms with Crippen LogP contribution in [0.5, 0.6) is 11.5 Å². The first-order valence-corrected chi connectivity index (χ1v) is 5.83. The van der Waals surface area contributed by atoms with Crippen molar-refractivity contribution in [2.45, 2.75) is 0 Å². The Morgan fingerprint density at radius 2 is 1.71 bits per heavy atom. The van der Waals surface area contributed by atoms with Crippen molar-refractivity contribution in [1.82, 2.24) is 9.88 Å². The molecule has 0 fully saturated rings. The number of carbonyl (C=O) groups is 2. The Labute approximate surface area is 117 Å². The third-order valence-corrected chi connectivity index (χ3v) is 3.17. The highest BCUT2D eigenvalue weighted by Gasteiger charge is 2.31. The van der Waals surface area contributed by atoms with Crippen LogP contribution in [0.3, 0.4) is 0 Å². The van der Waals surface area contributed by atoms with E-state index in [2.05, 4.69) is 0 Å². The Hall–Kier alpha value is -3.29. The lowest BCUT2D eigenvalue weighted by molar-refractivity contribution is 0.0880. The number of hydrogen-bond acceptors (Lipinski definition) is 6. The van der Waals surface area contributed by atoms with Crippen molar-refractivity contribution >= 4 is 17.6 Å². The van der Waals surface area contributed by atoms with E-state index in [4.69, 9.17) is 5.73 Å². The number of aromatic hydroxyl groups is 2. The van der Waals surface area contributed by atoms with E-state index in [1.807, 2.05) is 5.32 Å². The number of aromatic nitrogens is 1. The number of nitrogen functional groups attached to an aromatic ring is 1. The number of nitrogens with one attached hydrogen (secondary N) is 1. The van der Waals surface area contributed by atoms with E-state index in [9.17, 15) is 24.6 Å². The number of rotatable bonds is 1. The summed E-state index contributed by atoms with van der Waals surface area (Å²) in [5.41, 5.74) is 5.16. The number of benzene rings is 1. The zero-order valence-electron chi connectivity index (χ0n) is 10.5. The molecule has 0 atom stereocenters. The van der Waals surface area contributed by atoms with E-state index in [0.29, 0.717) is 0 Å². The second-order valence-electron chi connectivity index (χ2n) is 4.45. The van der Waals surface area contributed by atoms with Crippen LogP contribution in [0.4, 0.5) is 5.82 Å². The molecule has 0 bridgehead atoms. The van der Waals surface area contributed by atoms with Crippen LogP contribution in [0.1, 0.15) is 20.7 Å². The summed E-state index contributed by atoms with van der Waals surface area (Å²) < 4.78 is 0.968. The third kappa shape index (κ3) is 1.73. The van der Waals surface area contributed by atoms with Crippen molar-refractivity contribution in [2.75, 3.05) is 5.73 Å². The molecule has 0 saturated carbocycles. The fourth-order valence-corrected chi connectivity index (χ4v) is 2.20. The van der Waals surface area contributed by atoms with Crippen molar-refractivity contribution in [1.29, 1.82) is 0 Å². The molecule has 8 nitrogen and oxygen atoms in total. The highest BCUT2D eigenvalue weighted by Crippen LogP contribution is 2.28. The van der Waals surface area contributed by atoms with Crippen molar-refractivity contribution < 1.29 is 19.8 Å². The first kappa shape index (κ1) is 12.7. The Balaban J connectivity index is 2.32. The van der Waals surface area contributed by atoms with Crippen LogP contribution in [-0.2, 0) is 0 Å². The SMILES string of the molecule is Nc1c2c(cc(=O)n1-c1ccc(O)c(O)c1)C(=O)NC2=O. The number of amides is 2. The molecule has 1 aromatic carbocycles. The molecule has 0 unspecified atom stereocenters. The maximum absolute atomic E-state index is 12.1. The van der Waals surface area contributed by atoms with Gasteiger partial charge >= 0.3 is 0 Å². The largest absolute Gasteiger partial charge is 0.504 e. The van der Waals surface area contributed by atoms with Gasteiger partial charge in [0.2, 0.25) is 0 Å². The third-order valence-electron chi connectivity index (χ3n) is 3.17. The average Bonchev–Trinajstić information content (AvgIpc) is 2.69. The van der Waals surface area contributed by atoms with Crippen LogP contribution < -0.4 is 16.6 Å². The molecule has 1 aliphatic rings. The smallest absolute Gasteiger partial charge is 0.262 e. The highest BCUT2D eigenvalue weighted by atomic mass is 16.3. The minimum atomic E-state index is -0.691. The number of nitrogens with two attached hydrogens (primary N) is 1. The number of carbonyl (C=O) groups excluding carboxylic acids is 2. The summed E-state index contributed by atoms with van der Waals surface area (Å²) in [6.07, 6.45) is 0. The highest BCUT2D eigenvalue weighted by molar-refractivity contribution is 6.23. The second-order valence-corrected chi connectivity index (χ2v) is 4.45. The number of phenols is 2. The Kier molecular flexibility index (Phi) is 2.49. The van der Waals surface area contributed by atoms with Crippen molar-refractivity contribution in [3.63, 3.8) is 0 Å². The number of imide groups is 1. The normalized spacial score (nSPS) is 13.1. The fourth-order valence-electron chi connectivity index (χ4n) is 2.20. The van der Waals surface area contributed by atoms with Crippen molar-refractivity contribution in [3.8, 4) is 17.2 Å². The van der Waals surface area contributed by atoms with Gasteiger partial charge in [0.05, 0.1) is 16.8 Å². The maximum Gasteiger partial charge on any atom is 0.262 e. The monoisotopic (exact) mass is 287 g/mol. The van der Waals surface area contributed by atoms with Crippen molar-refractivity contribution in [3.05, 3.63) is 45.7 Å². The molecule has 8 heteroatoms. The molecule has 0 radical (unpaired) electrons. The van der Waals surface area contributed by atoms with Crippen LogP contribution in [0.15, 0.2) is 29.1 Å². The number of hydrogen-bond donors (Lipinski definition) is 4. The minimum Gasteiger partial charge on any atom is -0.504 e. The van der Waals surface area contributed by atoms with E-state index in [-0.39, 0.29) is 28.4 Å². The Bertz CT molecular complexity index is 869. The van der Waals surface area contributed by atoms with E-state index in [1.54, 1.807) is 0 Å². The standard InChI is InChI=1S/C13H9N3O5/c14-11-10-6(12(20)15-13(10)21)4-9(19)16(11)5-1-2-7(17)8(18)3-5/h1-4,17-18H,14H2,(H,15,20,21). The van der Waals surface area contributed by atoms with Gasteiger partial charge in [-0.1, -0.05) is 0 Å². The van der Waals surface area contributed by atoms with Crippen LogP contribution in [0, 0.1) is 0 Å². The van der Waals surface area contributed by atoms with Gasteiger partial charge in [-0.25, -0.2) is 0 Å². The summed E-state index contributed by atoms with van der Waals surface area (Å²) in [4.78, 5) is 35.3. The molecular weight excluding hydrogens is 278 g/mol. The van der Waals surface area contributed by atoms with E-state index >= 15 is 0 Å². The van der Waals surface area contributed by atoms with Crippen molar-refractivity contribution in [2.24, 2.45) is 0 Å². The Morgan fingerprint density at radius 1 is 1.00 bits per heavy atom. The van der Waals surface area contributed by atoms with Gasteiger partial charge in [0.25, 0.3) is 17.4 Å². The van der Waals surface area contributed by atoms with Crippen LogP contribution in [0.25, 0.3) is 5.69 Å². The predicted octanol–water partition coefficient (Wildman–Crippen LogP) is -0.286. The summed E-state index contributed by atoms with van der Waals surface area (Å²) >= 11 is 0. The second kappa shape index (κ2) is 4.10. The van der Waals surface area contributed by atoms with E-state index in [0.717, 1.165) is 16.7 Å². The maximum atomic E-state index is 12.1. The number of nitrogens with zero attached hydrogens (tertiary/aromatic N) is 1. The molecule has 1 aliphatic heterocycles. The van der Waals surface area contributed by atoms with Gasteiger partial charge in [-0.2, -0.15) is 0 Å². The zero-order chi connectivity index (χ0) is 15.3. The molecule has 0 aliphatic carbocycles. The number of phenolic OH excluding ortho intramolecular Hbond substituents is 2. The van der Waals surface area contributed by atoms with E-state index in [1.165, 1.54) is 12.1 Å². The minimum absolute atomic E-state index is 0.0817. The van der Waals surface area contributed by atoms with Gasteiger partial charge in [0.1, 0.15) is 5.82 Å². The summed E-state index contributed by atoms with van der Waals surface area (Å²) in [5, 5.41) is 20.8. The summed E-state index contributed by atoms with van der Waals surface area (Å²) in [6, 6.07) is 4.63. The van der Waals surface area contributed by atoms with Crippen LogP contribution >= 0.6 is 0 Å². The molecule has 5 N–H and O–H groups in total. The van der Waals surface area contributed by atoms with Gasteiger partial charge in [0.15, 0.2) is 11.5 Å². The summed E-state index contributed by atoms with van der Waals surface area (Å²) in [7, 11) is 0. The molecular formula is C13H9N3O5. The molecule has 3 rings (SSSR count). The molecule has 2 aromatic rings. The van der Waals surface area contributed by atoms with Gasteiger partial charge in [-0.15, -0.1) is 0 Å². The molecule has 21 heavy (non-hydrogen) atoms. The fraction of sp³-hybridized carbons (Fsp3) is 0. The first-order valence-electron chi connectivity index (χ1n) is 5.83. The van der Waals surface area contributed by atoms with Gasteiger partial charge in [0, 0.05) is 12.1 Å². The molecule has 2 amide bonds. The van der Waals surface area contributed by atoms with Crippen LogP contribution in [0.2, 0.25) is 0 Å². The number of pyridine rings is 1. The predicted molar refractivity (Wildman–Crippen MR) is 71.6 cm³/mol. The topological polar surface area (TPSA) is 135 Å². The molecule has 0 spiro atoms. The zero-order valence-corrected chi connectivity index (χ0v) is 10.5. The number of anilines is 1.